The number of carbonyl (C=O) groups is 3. The molecule has 7 nitrogen and oxygen atoms in total. The highest BCUT2D eigenvalue weighted by molar-refractivity contribution is 6.35. The third-order valence-electron chi connectivity index (χ3n) is 4.28. The number of amides is 3. The van der Waals surface area contributed by atoms with Gasteiger partial charge in [-0.3, -0.25) is 14.4 Å². The highest BCUT2D eigenvalue weighted by Gasteiger charge is 2.36. The summed E-state index contributed by atoms with van der Waals surface area (Å²) in [5.41, 5.74) is 1.45. The standard InChI is InChI=1S/C17H24N4O3/c1-4-21(5-2)11-10-18-15(22)16(23)19-14-12-8-6-7-9-13(12)20(3)17(14)24/h6-9,14H,4-5,10-11H2,1-3H3,(H,18,22)(H,19,23)/t14-/m0/s1. The van der Waals surface area contributed by atoms with Gasteiger partial charge in [-0.15, -0.1) is 0 Å². The Morgan fingerprint density at radius 2 is 1.83 bits per heavy atom. The number of rotatable bonds is 6. The molecule has 1 heterocycles. The highest BCUT2D eigenvalue weighted by atomic mass is 16.2. The lowest BCUT2D eigenvalue weighted by molar-refractivity contribution is -0.140. The van der Waals surface area contributed by atoms with Crippen LogP contribution in [0.2, 0.25) is 0 Å². The van der Waals surface area contributed by atoms with Crippen LogP contribution in [0.3, 0.4) is 0 Å². The van der Waals surface area contributed by atoms with Crippen LogP contribution in [0.15, 0.2) is 24.3 Å². The summed E-state index contributed by atoms with van der Waals surface area (Å²) in [5.74, 6) is -1.76. The van der Waals surface area contributed by atoms with Crippen LogP contribution in [-0.4, -0.2) is 55.8 Å². The van der Waals surface area contributed by atoms with Crippen molar-refractivity contribution in [2.75, 3.05) is 38.1 Å². The lowest BCUT2D eigenvalue weighted by atomic mass is 10.1. The second kappa shape index (κ2) is 7.92. The molecule has 0 radical (unpaired) electrons. The summed E-state index contributed by atoms with van der Waals surface area (Å²) in [6.45, 7) is 6.93. The Morgan fingerprint density at radius 3 is 2.50 bits per heavy atom. The molecule has 1 atom stereocenters. The molecule has 1 aliphatic rings. The van der Waals surface area contributed by atoms with Crippen molar-refractivity contribution < 1.29 is 14.4 Å². The lowest BCUT2D eigenvalue weighted by Gasteiger charge is -2.18. The van der Waals surface area contributed by atoms with E-state index >= 15 is 0 Å². The van der Waals surface area contributed by atoms with Gasteiger partial charge in [0.1, 0.15) is 6.04 Å². The normalized spacial score (nSPS) is 16.2. The van der Waals surface area contributed by atoms with E-state index in [1.54, 1.807) is 19.2 Å². The fourth-order valence-electron chi connectivity index (χ4n) is 2.77. The van der Waals surface area contributed by atoms with Gasteiger partial charge in [0.05, 0.1) is 0 Å². The highest BCUT2D eigenvalue weighted by Crippen LogP contribution is 2.34. The molecule has 2 rings (SSSR count). The molecule has 0 unspecified atom stereocenters. The van der Waals surface area contributed by atoms with E-state index in [-0.39, 0.29) is 5.91 Å². The zero-order valence-electron chi connectivity index (χ0n) is 14.3. The number of benzene rings is 1. The van der Waals surface area contributed by atoms with Crippen molar-refractivity contribution in [1.29, 1.82) is 0 Å². The third kappa shape index (κ3) is 3.73. The smallest absolute Gasteiger partial charge is 0.310 e. The average molecular weight is 332 g/mol. The lowest BCUT2D eigenvalue weighted by Crippen LogP contribution is -2.45. The molecular weight excluding hydrogens is 308 g/mol. The predicted molar refractivity (Wildman–Crippen MR) is 91.5 cm³/mol. The first-order chi connectivity index (χ1) is 11.5. The zero-order valence-corrected chi connectivity index (χ0v) is 14.3. The van der Waals surface area contributed by atoms with Crippen LogP contribution in [0.4, 0.5) is 5.69 Å². The van der Waals surface area contributed by atoms with Crippen molar-refractivity contribution in [2.24, 2.45) is 0 Å². The van der Waals surface area contributed by atoms with Gasteiger partial charge in [0.15, 0.2) is 0 Å². The van der Waals surface area contributed by atoms with Crippen molar-refractivity contribution in [2.45, 2.75) is 19.9 Å². The van der Waals surface area contributed by atoms with E-state index in [4.69, 9.17) is 0 Å². The first kappa shape index (κ1) is 17.9. The van der Waals surface area contributed by atoms with Crippen LogP contribution >= 0.6 is 0 Å². The summed E-state index contributed by atoms with van der Waals surface area (Å²) in [7, 11) is 1.65. The van der Waals surface area contributed by atoms with E-state index in [1.165, 1.54) is 4.90 Å². The van der Waals surface area contributed by atoms with Crippen LogP contribution < -0.4 is 15.5 Å². The second-order valence-electron chi connectivity index (χ2n) is 5.65. The Hall–Kier alpha value is -2.41. The number of likely N-dealkylation sites (N-methyl/N-ethyl adjacent to an activating group) is 2. The van der Waals surface area contributed by atoms with Gasteiger partial charge in [0.25, 0.3) is 5.91 Å². The molecule has 3 amide bonds. The van der Waals surface area contributed by atoms with Crippen LogP contribution in [0, 0.1) is 0 Å². The molecule has 1 aromatic rings. The van der Waals surface area contributed by atoms with E-state index in [9.17, 15) is 14.4 Å². The molecule has 24 heavy (non-hydrogen) atoms. The third-order valence-corrected chi connectivity index (χ3v) is 4.28. The van der Waals surface area contributed by atoms with E-state index in [0.717, 1.165) is 18.8 Å². The topological polar surface area (TPSA) is 81.8 Å². The minimum atomic E-state index is -0.813. The maximum absolute atomic E-state index is 12.3. The average Bonchev–Trinajstić information content (AvgIpc) is 2.84. The van der Waals surface area contributed by atoms with E-state index < -0.39 is 17.9 Å². The minimum absolute atomic E-state index is 0.250. The fourth-order valence-corrected chi connectivity index (χ4v) is 2.77. The van der Waals surface area contributed by atoms with Gasteiger partial charge in [-0.2, -0.15) is 0 Å². The summed E-state index contributed by atoms with van der Waals surface area (Å²) in [6.07, 6.45) is 0. The predicted octanol–water partition coefficient (Wildman–Crippen LogP) is 0.278. The molecule has 0 spiro atoms. The number of anilines is 1. The number of fused-ring (bicyclic) bond motifs is 1. The molecular formula is C17H24N4O3. The van der Waals surface area contributed by atoms with Crippen molar-refractivity contribution >= 4 is 23.4 Å². The zero-order chi connectivity index (χ0) is 17.7. The van der Waals surface area contributed by atoms with Gasteiger partial charge in [-0.25, -0.2) is 0 Å². The Morgan fingerprint density at radius 1 is 1.17 bits per heavy atom. The molecule has 130 valence electrons. The molecule has 0 saturated heterocycles. The Balaban J connectivity index is 1.92. The van der Waals surface area contributed by atoms with Crippen molar-refractivity contribution in [3.8, 4) is 0 Å². The molecule has 7 heteroatoms. The van der Waals surface area contributed by atoms with Gasteiger partial charge in [-0.05, 0) is 19.2 Å². The summed E-state index contributed by atoms with van der Waals surface area (Å²) in [6, 6.07) is 6.40. The summed E-state index contributed by atoms with van der Waals surface area (Å²) in [4.78, 5) is 39.9. The van der Waals surface area contributed by atoms with Crippen molar-refractivity contribution in [3.63, 3.8) is 0 Å². The van der Waals surface area contributed by atoms with Crippen LogP contribution in [0.5, 0.6) is 0 Å². The van der Waals surface area contributed by atoms with Gasteiger partial charge in [0.2, 0.25) is 0 Å². The van der Waals surface area contributed by atoms with Crippen LogP contribution in [0.25, 0.3) is 0 Å². The molecule has 0 saturated carbocycles. The molecule has 2 N–H and O–H groups in total. The van der Waals surface area contributed by atoms with Crippen LogP contribution in [0.1, 0.15) is 25.5 Å². The number of hydrogen-bond donors (Lipinski definition) is 2. The summed E-state index contributed by atoms with van der Waals surface area (Å²) in [5, 5.41) is 5.11. The molecule has 0 aliphatic carbocycles. The van der Waals surface area contributed by atoms with E-state index in [2.05, 4.69) is 15.5 Å². The summed E-state index contributed by atoms with van der Waals surface area (Å²) >= 11 is 0. The quantitative estimate of drug-likeness (QED) is 0.733. The van der Waals surface area contributed by atoms with Crippen molar-refractivity contribution in [1.82, 2.24) is 15.5 Å². The first-order valence-electron chi connectivity index (χ1n) is 8.17. The van der Waals surface area contributed by atoms with Gasteiger partial charge in [-0.1, -0.05) is 32.0 Å². The molecule has 1 aliphatic heterocycles. The number of nitrogens with zero attached hydrogens (tertiary/aromatic N) is 2. The molecule has 0 bridgehead atoms. The Bertz CT molecular complexity index is 628. The van der Waals surface area contributed by atoms with E-state index in [0.29, 0.717) is 18.7 Å². The Labute approximate surface area is 142 Å². The van der Waals surface area contributed by atoms with Crippen molar-refractivity contribution in [3.05, 3.63) is 29.8 Å². The van der Waals surface area contributed by atoms with E-state index in [1.807, 2.05) is 26.0 Å². The molecule has 1 aromatic carbocycles. The second-order valence-corrected chi connectivity index (χ2v) is 5.65. The minimum Gasteiger partial charge on any atom is -0.347 e. The SMILES string of the molecule is CCN(CC)CCNC(=O)C(=O)N[C@@H]1C(=O)N(C)c2ccccc21. The van der Waals surface area contributed by atoms with Crippen LogP contribution in [-0.2, 0) is 14.4 Å². The first-order valence-corrected chi connectivity index (χ1v) is 8.17. The van der Waals surface area contributed by atoms with Gasteiger partial charge >= 0.3 is 11.8 Å². The molecule has 0 fully saturated rings. The number of nitrogens with one attached hydrogen (secondary N) is 2. The monoisotopic (exact) mass is 332 g/mol. The maximum Gasteiger partial charge on any atom is 0.310 e. The number of para-hydroxylation sites is 1. The molecule has 0 aromatic heterocycles. The largest absolute Gasteiger partial charge is 0.347 e. The fraction of sp³-hybridized carbons (Fsp3) is 0.471. The van der Waals surface area contributed by atoms with Gasteiger partial charge < -0.3 is 20.4 Å². The van der Waals surface area contributed by atoms with Gasteiger partial charge in [0, 0.05) is 31.4 Å². The number of hydrogen-bond acceptors (Lipinski definition) is 4. The number of carbonyl (C=O) groups excluding carboxylic acids is 3. The maximum atomic E-state index is 12.3. The Kier molecular flexibility index (Phi) is 5.92. The summed E-state index contributed by atoms with van der Waals surface area (Å²) < 4.78 is 0.